The van der Waals surface area contributed by atoms with E-state index < -0.39 is 0 Å². The molecule has 0 spiro atoms. The summed E-state index contributed by atoms with van der Waals surface area (Å²) >= 11 is 5.97. The lowest BCUT2D eigenvalue weighted by Crippen LogP contribution is -1.97. The highest BCUT2D eigenvalue weighted by molar-refractivity contribution is 6.31. The second-order valence-corrected chi connectivity index (χ2v) is 4.52. The fourth-order valence-electron chi connectivity index (χ4n) is 1.81. The Bertz CT molecular complexity index is 552. The van der Waals surface area contributed by atoms with Crippen molar-refractivity contribution in [3.8, 4) is 0 Å². The highest BCUT2D eigenvalue weighted by atomic mass is 35.5. The second kappa shape index (κ2) is 4.76. The smallest absolute Gasteiger partial charge is 0.123 e. The van der Waals surface area contributed by atoms with Crippen LogP contribution in [0.4, 0.5) is 10.1 Å². The van der Waals surface area contributed by atoms with Gasteiger partial charge >= 0.3 is 0 Å². The average Bonchev–Trinajstić information content (AvgIpc) is 2.25. The van der Waals surface area contributed by atoms with Gasteiger partial charge in [-0.15, -0.1) is 0 Å². The SMILES string of the molecule is Cc1c(N)cc(Cl)cc1Cc1cccc(F)c1. The van der Waals surface area contributed by atoms with E-state index in [1.54, 1.807) is 12.1 Å². The van der Waals surface area contributed by atoms with Gasteiger partial charge in [0.15, 0.2) is 0 Å². The average molecular weight is 250 g/mol. The summed E-state index contributed by atoms with van der Waals surface area (Å²) < 4.78 is 13.1. The van der Waals surface area contributed by atoms with Crippen molar-refractivity contribution in [3.63, 3.8) is 0 Å². The first-order chi connectivity index (χ1) is 8.06. The number of hydrogen-bond donors (Lipinski definition) is 1. The van der Waals surface area contributed by atoms with Gasteiger partial charge in [0.05, 0.1) is 0 Å². The first-order valence-corrected chi connectivity index (χ1v) is 5.73. The largest absolute Gasteiger partial charge is 0.398 e. The maximum Gasteiger partial charge on any atom is 0.123 e. The second-order valence-electron chi connectivity index (χ2n) is 4.09. The Morgan fingerprint density at radius 2 is 2.00 bits per heavy atom. The topological polar surface area (TPSA) is 26.0 Å². The van der Waals surface area contributed by atoms with Crippen LogP contribution in [-0.4, -0.2) is 0 Å². The van der Waals surface area contributed by atoms with Gasteiger partial charge < -0.3 is 5.73 Å². The normalized spacial score (nSPS) is 10.5. The van der Waals surface area contributed by atoms with E-state index in [1.165, 1.54) is 12.1 Å². The zero-order chi connectivity index (χ0) is 12.4. The predicted molar refractivity (Wildman–Crippen MR) is 69.8 cm³/mol. The van der Waals surface area contributed by atoms with Crippen LogP contribution in [0.25, 0.3) is 0 Å². The van der Waals surface area contributed by atoms with E-state index in [0.717, 1.165) is 16.7 Å². The van der Waals surface area contributed by atoms with Crippen LogP contribution >= 0.6 is 11.6 Å². The molecule has 0 aliphatic carbocycles. The molecule has 2 aromatic rings. The van der Waals surface area contributed by atoms with Gasteiger partial charge in [-0.3, -0.25) is 0 Å². The van der Waals surface area contributed by atoms with Crippen LogP contribution in [0.5, 0.6) is 0 Å². The summed E-state index contributed by atoms with van der Waals surface area (Å²) in [7, 11) is 0. The summed E-state index contributed by atoms with van der Waals surface area (Å²) in [4.78, 5) is 0. The Morgan fingerprint density at radius 1 is 1.24 bits per heavy atom. The van der Waals surface area contributed by atoms with Crippen LogP contribution in [0.15, 0.2) is 36.4 Å². The Hall–Kier alpha value is -1.54. The van der Waals surface area contributed by atoms with Crippen LogP contribution in [0.2, 0.25) is 5.02 Å². The fourth-order valence-corrected chi connectivity index (χ4v) is 2.06. The maximum atomic E-state index is 13.1. The number of hydrogen-bond acceptors (Lipinski definition) is 1. The minimum atomic E-state index is -0.227. The number of anilines is 1. The van der Waals surface area contributed by atoms with E-state index in [-0.39, 0.29) is 5.82 Å². The van der Waals surface area contributed by atoms with E-state index in [1.807, 2.05) is 19.1 Å². The number of nitrogens with two attached hydrogens (primary N) is 1. The number of rotatable bonds is 2. The Balaban J connectivity index is 2.36. The van der Waals surface area contributed by atoms with E-state index in [0.29, 0.717) is 17.1 Å². The molecule has 0 radical (unpaired) electrons. The molecule has 2 aromatic carbocycles. The molecule has 17 heavy (non-hydrogen) atoms. The molecule has 0 unspecified atom stereocenters. The van der Waals surface area contributed by atoms with Gasteiger partial charge in [0.1, 0.15) is 5.82 Å². The fraction of sp³-hybridized carbons (Fsp3) is 0.143. The van der Waals surface area contributed by atoms with Gasteiger partial charge in [0.2, 0.25) is 0 Å². The Morgan fingerprint density at radius 3 is 2.71 bits per heavy atom. The van der Waals surface area contributed by atoms with Gasteiger partial charge in [-0.2, -0.15) is 0 Å². The summed E-state index contributed by atoms with van der Waals surface area (Å²) in [5.41, 5.74) is 9.46. The van der Waals surface area contributed by atoms with Crippen molar-refractivity contribution >= 4 is 17.3 Å². The summed E-state index contributed by atoms with van der Waals surface area (Å²) in [6.07, 6.45) is 0.633. The zero-order valence-electron chi connectivity index (χ0n) is 9.50. The molecule has 2 N–H and O–H groups in total. The molecule has 0 bridgehead atoms. The molecule has 0 heterocycles. The summed E-state index contributed by atoms with van der Waals surface area (Å²) in [6.45, 7) is 1.94. The van der Waals surface area contributed by atoms with Crippen LogP contribution < -0.4 is 5.73 Å². The first-order valence-electron chi connectivity index (χ1n) is 5.35. The van der Waals surface area contributed by atoms with E-state index in [9.17, 15) is 4.39 Å². The van der Waals surface area contributed by atoms with Gasteiger partial charge in [-0.1, -0.05) is 23.7 Å². The van der Waals surface area contributed by atoms with Gasteiger partial charge in [0, 0.05) is 10.7 Å². The lowest BCUT2D eigenvalue weighted by Gasteiger charge is -2.09. The van der Waals surface area contributed by atoms with Crippen molar-refractivity contribution in [2.45, 2.75) is 13.3 Å². The molecule has 0 saturated heterocycles. The Labute approximate surface area is 105 Å². The minimum Gasteiger partial charge on any atom is -0.398 e. The third kappa shape index (κ3) is 2.77. The maximum absolute atomic E-state index is 13.1. The van der Waals surface area contributed by atoms with Crippen LogP contribution in [-0.2, 0) is 6.42 Å². The molecule has 88 valence electrons. The molecule has 0 aliphatic rings. The lowest BCUT2D eigenvalue weighted by molar-refractivity contribution is 0.626. The summed E-state index contributed by atoms with van der Waals surface area (Å²) in [6, 6.07) is 10.1. The quantitative estimate of drug-likeness (QED) is 0.801. The molecule has 1 nitrogen and oxygen atoms in total. The molecule has 0 saturated carbocycles. The molecule has 0 aliphatic heterocycles. The molecule has 0 atom stereocenters. The molecular weight excluding hydrogens is 237 g/mol. The van der Waals surface area contributed by atoms with Crippen molar-refractivity contribution in [3.05, 3.63) is 63.9 Å². The van der Waals surface area contributed by atoms with Gasteiger partial charge in [-0.25, -0.2) is 4.39 Å². The van der Waals surface area contributed by atoms with E-state index >= 15 is 0 Å². The molecule has 0 aromatic heterocycles. The Kier molecular flexibility index (Phi) is 3.34. The lowest BCUT2D eigenvalue weighted by atomic mass is 9.99. The van der Waals surface area contributed by atoms with Crippen LogP contribution in [0, 0.1) is 12.7 Å². The van der Waals surface area contributed by atoms with Crippen molar-refractivity contribution in [1.82, 2.24) is 0 Å². The summed E-state index contributed by atoms with van der Waals surface area (Å²) in [5.74, 6) is -0.227. The van der Waals surface area contributed by atoms with E-state index in [2.05, 4.69) is 0 Å². The molecule has 2 rings (SSSR count). The van der Waals surface area contributed by atoms with Crippen molar-refractivity contribution in [2.24, 2.45) is 0 Å². The first kappa shape index (κ1) is 11.9. The third-order valence-electron chi connectivity index (χ3n) is 2.80. The predicted octanol–water partition coefficient (Wildman–Crippen LogP) is 3.96. The molecular formula is C14H13ClFN. The number of benzene rings is 2. The van der Waals surface area contributed by atoms with Crippen molar-refractivity contribution in [2.75, 3.05) is 5.73 Å². The van der Waals surface area contributed by atoms with Crippen molar-refractivity contribution < 1.29 is 4.39 Å². The standard InChI is InChI=1S/C14H13ClFN/c1-9-11(7-12(15)8-14(9)17)5-10-3-2-4-13(16)6-10/h2-4,6-8H,5,17H2,1H3. The molecule has 0 amide bonds. The third-order valence-corrected chi connectivity index (χ3v) is 3.02. The summed E-state index contributed by atoms with van der Waals surface area (Å²) in [5, 5.41) is 0.611. The molecule has 0 fully saturated rings. The van der Waals surface area contributed by atoms with Crippen LogP contribution in [0.3, 0.4) is 0 Å². The zero-order valence-corrected chi connectivity index (χ0v) is 10.3. The monoisotopic (exact) mass is 249 g/mol. The van der Waals surface area contributed by atoms with Crippen LogP contribution in [0.1, 0.15) is 16.7 Å². The molecule has 3 heteroatoms. The van der Waals surface area contributed by atoms with Crippen molar-refractivity contribution in [1.29, 1.82) is 0 Å². The highest BCUT2D eigenvalue weighted by Crippen LogP contribution is 2.24. The van der Waals surface area contributed by atoms with E-state index in [4.69, 9.17) is 17.3 Å². The highest BCUT2D eigenvalue weighted by Gasteiger charge is 2.05. The van der Waals surface area contributed by atoms with Gasteiger partial charge in [-0.05, 0) is 54.3 Å². The minimum absolute atomic E-state index is 0.227. The number of nitrogen functional groups attached to an aromatic ring is 1. The number of halogens is 2. The van der Waals surface area contributed by atoms with Gasteiger partial charge in [0.25, 0.3) is 0 Å².